The summed E-state index contributed by atoms with van der Waals surface area (Å²) in [4.78, 5) is 14.5. The van der Waals surface area contributed by atoms with Gasteiger partial charge >= 0.3 is 6.18 Å². The van der Waals surface area contributed by atoms with Crippen molar-refractivity contribution < 1.29 is 30.8 Å². The van der Waals surface area contributed by atoms with Crippen LogP contribution in [0.15, 0.2) is 18.2 Å². The molecule has 3 aliphatic rings. The van der Waals surface area contributed by atoms with Crippen molar-refractivity contribution in [2.45, 2.75) is 56.0 Å². The second-order valence-corrected chi connectivity index (χ2v) is 11.5. The SMILES string of the molecule is O=C(NCC1CCN(C[C@@H]2CCCN2S(=O)(=O)C2CC2)CC1)c1cc(F)cc(C(F)(F)F)c1. The molecule has 1 aromatic carbocycles. The van der Waals surface area contributed by atoms with E-state index in [0.717, 1.165) is 57.7 Å². The number of hydrogen-bond acceptors (Lipinski definition) is 4. The van der Waals surface area contributed by atoms with E-state index in [0.29, 0.717) is 31.8 Å². The van der Waals surface area contributed by atoms with E-state index in [2.05, 4.69) is 10.2 Å². The summed E-state index contributed by atoms with van der Waals surface area (Å²) in [5, 5.41) is 2.43. The number of hydrogen-bond donors (Lipinski definition) is 1. The summed E-state index contributed by atoms with van der Waals surface area (Å²) in [6.07, 6.45) is 0.131. The van der Waals surface area contributed by atoms with Gasteiger partial charge in [-0.3, -0.25) is 4.79 Å². The molecule has 184 valence electrons. The highest BCUT2D eigenvalue weighted by atomic mass is 32.2. The van der Waals surface area contributed by atoms with Gasteiger partial charge in [0.1, 0.15) is 5.82 Å². The van der Waals surface area contributed by atoms with Gasteiger partial charge in [-0.15, -0.1) is 0 Å². The number of halogens is 4. The van der Waals surface area contributed by atoms with Gasteiger partial charge in [-0.1, -0.05) is 0 Å². The van der Waals surface area contributed by atoms with E-state index in [4.69, 9.17) is 0 Å². The molecule has 6 nitrogen and oxygen atoms in total. The Kier molecular flexibility index (Phi) is 7.02. The summed E-state index contributed by atoms with van der Waals surface area (Å²) in [5.74, 6) is -1.67. The fourth-order valence-electron chi connectivity index (χ4n) is 4.78. The Morgan fingerprint density at radius 1 is 1.03 bits per heavy atom. The summed E-state index contributed by atoms with van der Waals surface area (Å²) in [6, 6.07) is 1.84. The average molecular weight is 492 g/mol. The highest BCUT2D eigenvalue weighted by Crippen LogP contribution is 2.35. The van der Waals surface area contributed by atoms with Crippen molar-refractivity contribution in [2.75, 3.05) is 32.7 Å². The zero-order chi connectivity index (χ0) is 23.8. The standard InChI is InChI=1S/C22H29F4N3O3S/c23-18-11-16(10-17(12-18)22(24,25)26)21(30)27-13-15-5-8-28(9-6-15)14-19-2-1-7-29(19)33(31,32)20-3-4-20/h10-12,15,19-20H,1-9,13-14H2,(H,27,30)/t19-/m0/s1. The van der Waals surface area contributed by atoms with Crippen LogP contribution in [-0.2, 0) is 16.2 Å². The van der Waals surface area contributed by atoms with Gasteiger partial charge in [0.15, 0.2) is 0 Å². The number of nitrogens with zero attached hydrogens (tertiary/aromatic N) is 2. The van der Waals surface area contributed by atoms with Crippen molar-refractivity contribution in [1.29, 1.82) is 0 Å². The van der Waals surface area contributed by atoms with E-state index >= 15 is 0 Å². The second kappa shape index (κ2) is 9.50. The van der Waals surface area contributed by atoms with Crippen LogP contribution in [0.25, 0.3) is 0 Å². The molecule has 33 heavy (non-hydrogen) atoms. The predicted octanol–water partition coefficient (Wildman–Crippen LogP) is 3.24. The maximum Gasteiger partial charge on any atom is 0.416 e. The molecule has 11 heteroatoms. The van der Waals surface area contributed by atoms with E-state index in [1.165, 1.54) is 0 Å². The lowest BCUT2D eigenvalue weighted by molar-refractivity contribution is -0.137. The van der Waals surface area contributed by atoms with E-state index in [1.54, 1.807) is 4.31 Å². The van der Waals surface area contributed by atoms with Crippen LogP contribution in [0.4, 0.5) is 17.6 Å². The van der Waals surface area contributed by atoms with E-state index in [1.807, 2.05) is 0 Å². The normalized spacial score (nSPS) is 23.7. The molecule has 0 radical (unpaired) electrons. The third-order valence-electron chi connectivity index (χ3n) is 6.81. The number of benzene rings is 1. The topological polar surface area (TPSA) is 69.7 Å². The first-order valence-corrected chi connectivity index (χ1v) is 12.9. The Morgan fingerprint density at radius 3 is 2.36 bits per heavy atom. The first kappa shape index (κ1) is 24.4. The Hall–Kier alpha value is -1.72. The van der Waals surface area contributed by atoms with Crippen LogP contribution in [-0.4, -0.2) is 67.5 Å². The lowest BCUT2D eigenvalue weighted by atomic mass is 9.96. The van der Waals surface area contributed by atoms with Gasteiger partial charge in [-0.25, -0.2) is 12.8 Å². The molecule has 0 unspecified atom stereocenters. The number of rotatable bonds is 7. The number of piperidine rings is 1. The second-order valence-electron chi connectivity index (χ2n) is 9.33. The first-order valence-electron chi connectivity index (χ1n) is 11.4. The van der Waals surface area contributed by atoms with Gasteiger partial charge in [0.25, 0.3) is 5.91 Å². The molecule has 1 saturated carbocycles. The number of alkyl halides is 3. The molecule has 0 bridgehead atoms. The summed E-state index contributed by atoms with van der Waals surface area (Å²) >= 11 is 0. The fourth-order valence-corrected chi connectivity index (χ4v) is 6.86. The van der Waals surface area contributed by atoms with Crippen LogP contribution in [0, 0.1) is 11.7 Å². The largest absolute Gasteiger partial charge is 0.416 e. The molecule has 4 rings (SSSR count). The van der Waals surface area contributed by atoms with Crippen LogP contribution in [0.3, 0.4) is 0 Å². The van der Waals surface area contributed by atoms with Crippen molar-refractivity contribution in [3.05, 3.63) is 35.1 Å². The maximum absolute atomic E-state index is 13.5. The van der Waals surface area contributed by atoms with Gasteiger partial charge in [0.2, 0.25) is 10.0 Å². The van der Waals surface area contributed by atoms with Gasteiger partial charge in [0, 0.05) is 31.2 Å². The molecule has 2 heterocycles. The molecule has 2 saturated heterocycles. The Morgan fingerprint density at radius 2 is 1.73 bits per heavy atom. The van der Waals surface area contributed by atoms with Gasteiger partial charge < -0.3 is 10.2 Å². The van der Waals surface area contributed by atoms with Gasteiger partial charge in [-0.05, 0) is 75.7 Å². The first-order chi connectivity index (χ1) is 15.5. The highest BCUT2D eigenvalue weighted by Gasteiger charge is 2.44. The molecule has 0 aromatic heterocycles. The molecule has 1 aromatic rings. The monoisotopic (exact) mass is 491 g/mol. The highest BCUT2D eigenvalue weighted by molar-refractivity contribution is 7.90. The number of carbonyl (C=O) groups excluding carboxylic acids is 1. The van der Waals surface area contributed by atoms with Crippen molar-refractivity contribution in [1.82, 2.24) is 14.5 Å². The summed E-state index contributed by atoms with van der Waals surface area (Å²) < 4.78 is 79.1. The lowest BCUT2D eigenvalue weighted by Gasteiger charge is -2.35. The summed E-state index contributed by atoms with van der Waals surface area (Å²) in [6.45, 7) is 3.14. The minimum atomic E-state index is -4.73. The molecular weight excluding hydrogens is 462 g/mol. The molecule has 2 aliphatic heterocycles. The smallest absolute Gasteiger partial charge is 0.352 e. The van der Waals surface area contributed by atoms with E-state index in [9.17, 15) is 30.8 Å². The molecule has 3 fully saturated rings. The predicted molar refractivity (Wildman–Crippen MR) is 115 cm³/mol. The molecule has 1 aliphatic carbocycles. The van der Waals surface area contributed by atoms with E-state index < -0.39 is 33.5 Å². The van der Waals surface area contributed by atoms with Crippen LogP contribution in [0.5, 0.6) is 0 Å². The third-order valence-corrected chi connectivity index (χ3v) is 9.26. The Labute approximate surface area is 191 Å². The fraction of sp³-hybridized carbons (Fsp3) is 0.682. The van der Waals surface area contributed by atoms with Crippen molar-refractivity contribution >= 4 is 15.9 Å². The average Bonchev–Trinajstić information content (AvgIpc) is 3.52. The Balaban J connectivity index is 1.25. The Bertz CT molecular complexity index is 974. The minimum Gasteiger partial charge on any atom is -0.352 e. The number of likely N-dealkylation sites (tertiary alicyclic amines) is 1. The third kappa shape index (κ3) is 5.86. The minimum absolute atomic E-state index is 0.0164. The quantitative estimate of drug-likeness (QED) is 0.595. The maximum atomic E-state index is 13.5. The molecule has 1 atom stereocenters. The zero-order valence-electron chi connectivity index (χ0n) is 18.3. The lowest BCUT2D eigenvalue weighted by Crippen LogP contribution is -2.47. The molecule has 1 amide bonds. The zero-order valence-corrected chi connectivity index (χ0v) is 19.1. The van der Waals surface area contributed by atoms with Crippen LogP contribution < -0.4 is 5.32 Å². The number of amides is 1. The van der Waals surface area contributed by atoms with Crippen molar-refractivity contribution in [3.8, 4) is 0 Å². The van der Waals surface area contributed by atoms with Gasteiger partial charge in [-0.2, -0.15) is 17.5 Å². The van der Waals surface area contributed by atoms with Gasteiger partial charge in [0.05, 0.1) is 10.8 Å². The van der Waals surface area contributed by atoms with Crippen molar-refractivity contribution in [3.63, 3.8) is 0 Å². The number of carbonyl (C=O) groups is 1. The molecule has 0 spiro atoms. The summed E-state index contributed by atoms with van der Waals surface area (Å²) in [7, 11) is -3.17. The number of sulfonamides is 1. The molecular formula is C22H29F4N3O3S. The van der Waals surface area contributed by atoms with Crippen molar-refractivity contribution in [2.24, 2.45) is 5.92 Å². The van der Waals surface area contributed by atoms with Crippen LogP contribution >= 0.6 is 0 Å². The summed E-state index contributed by atoms with van der Waals surface area (Å²) in [5.41, 5.74) is -1.54. The molecule has 1 N–H and O–H groups in total. The number of nitrogens with one attached hydrogen (secondary N) is 1. The van der Waals surface area contributed by atoms with Crippen LogP contribution in [0.2, 0.25) is 0 Å². The van der Waals surface area contributed by atoms with E-state index in [-0.39, 0.29) is 22.8 Å². The van der Waals surface area contributed by atoms with Crippen LogP contribution in [0.1, 0.15) is 54.4 Å².